The molecule has 0 saturated carbocycles. The molecule has 1 fully saturated rings. The van der Waals surface area contributed by atoms with Crippen LogP contribution in [0.25, 0.3) is 0 Å². The van der Waals surface area contributed by atoms with Gasteiger partial charge in [-0.15, -0.1) is 0 Å². The molecule has 1 aromatic heterocycles. The van der Waals surface area contributed by atoms with E-state index in [2.05, 4.69) is 60.7 Å². The Balaban J connectivity index is 1.51. The molecule has 1 atom stereocenters. The number of anilines is 1. The van der Waals surface area contributed by atoms with Crippen molar-refractivity contribution in [2.45, 2.75) is 19.0 Å². The van der Waals surface area contributed by atoms with E-state index in [0.29, 0.717) is 12.6 Å². The van der Waals surface area contributed by atoms with Gasteiger partial charge < -0.3 is 20.0 Å². The lowest BCUT2D eigenvalue weighted by atomic mass is 10.2. The first kappa shape index (κ1) is 15.9. The molecule has 1 aromatic carbocycles. The zero-order valence-corrected chi connectivity index (χ0v) is 14.7. The van der Waals surface area contributed by atoms with E-state index in [4.69, 9.17) is 4.42 Å². The van der Waals surface area contributed by atoms with Gasteiger partial charge in [-0.1, -0.05) is 15.9 Å². The zero-order valence-electron chi connectivity index (χ0n) is 13.1. The highest BCUT2D eigenvalue weighted by molar-refractivity contribution is 9.10. The highest BCUT2D eigenvalue weighted by Gasteiger charge is 2.23. The van der Waals surface area contributed by atoms with Crippen molar-refractivity contribution >= 4 is 27.6 Å². The second kappa shape index (κ2) is 7.55. The van der Waals surface area contributed by atoms with Crippen LogP contribution >= 0.6 is 15.9 Å². The first-order valence-corrected chi connectivity index (χ1v) is 8.52. The second-order valence-electron chi connectivity index (χ2n) is 5.61. The summed E-state index contributed by atoms with van der Waals surface area (Å²) in [6.07, 6.45) is 4.52. The molecule has 23 heavy (non-hydrogen) atoms. The maximum Gasteiger partial charge on any atom is 0.191 e. The lowest BCUT2D eigenvalue weighted by molar-refractivity contribution is 0.562. The summed E-state index contributed by atoms with van der Waals surface area (Å²) < 4.78 is 6.19. The van der Waals surface area contributed by atoms with Crippen molar-refractivity contribution in [3.05, 3.63) is 52.9 Å². The highest BCUT2D eigenvalue weighted by atomic mass is 79.9. The number of guanidine groups is 1. The number of aliphatic imine (C=N–C) groups is 1. The summed E-state index contributed by atoms with van der Waals surface area (Å²) in [7, 11) is 1.80. The Morgan fingerprint density at radius 2 is 2.17 bits per heavy atom. The summed E-state index contributed by atoms with van der Waals surface area (Å²) in [6, 6.07) is 10.8. The average Bonchev–Trinajstić information content (AvgIpc) is 3.24. The third-order valence-electron chi connectivity index (χ3n) is 3.98. The summed E-state index contributed by atoms with van der Waals surface area (Å²) in [4.78, 5) is 6.70. The number of hydrogen-bond donors (Lipinski definition) is 2. The molecule has 0 aliphatic carbocycles. The maximum atomic E-state index is 5.08. The van der Waals surface area contributed by atoms with E-state index >= 15 is 0 Å². The van der Waals surface area contributed by atoms with E-state index in [0.717, 1.165) is 35.5 Å². The van der Waals surface area contributed by atoms with Crippen LogP contribution in [0, 0.1) is 0 Å². The fourth-order valence-corrected chi connectivity index (χ4v) is 3.00. The van der Waals surface area contributed by atoms with Gasteiger partial charge in [0.25, 0.3) is 0 Å². The van der Waals surface area contributed by atoms with Gasteiger partial charge in [-0.25, -0.2) is 0 Å². The lowest BCUT2D eigenvalue weighted by Gasteiger charge is -2.20. The highest BCUT2D eigenvalue weighted by Crippen LogP contribution is 2.22. The van der Waals surface area contributed by atoms with Crippen LogP contribution in [0.15, 0.2) is 56.7 Å². The smallest absolute Gasteiger partial charge is 0.191 e. The van der Waals surface area contributed by atoms with Crippen molar-refractivity contribution in [1.29, 1.82) is 0 Å². The minimum absolute atomic E-state index is 0.397. The number of nitrogens with zero attached hydrogens (tertiary/aromatic N) is 2. The summed E-state index contributed by atoms with van der Waals surface area (Å²) in [5.74, 6) is 0.828. The Morgan fingerprint density at radius 1 is 1.35 bits per heavy atom. The normalized spacial score (nSPS) is 18.3. The molecule has 2 aromatic rings. The number of nitrogens with one attached hydrogen (secondary N) is 2. The minimum atomic E-state index is 0.397. The SMILES string of the molecule is CN=C(NCc1ccoc1)NC1CCN(c2ccc(Br)cc2)C1. The molecule has 1 aliphatic heterocycles. The van der Waals surface area contributed by atoms with E-state index in [1.54, 1.807) is 19.6 Å². The van der Waals surface area contributed by atoms with Crippen LogP contribution in [0.1, 0.15) is 12.0 Å². The Morgan fingerprint density at radius 3 is 2.87 bits per heavy atom. The van der Waals surface area contributed by atoms with E-state index in [1.165, 1.54) is 5.69 Å². The van der Waals surface area contributed by atoms with Crippen molar-refractivity contribution < 1.29 is 4.42 Å². The standard InChI is InChI=1S/C17H21BrN4O/c1-19-17(20-10-13-7-9-23-12-13)21-15-6-8-22(11-15)16-4-2-14(18)3-5-16/h2-5,7,9,12,15H,6,8,10-11H2,1H3,(H2,19,20,21). The largest absolute Gasteiger partial charge is 0.472 e. The van der Waals surface area contributed by atoms with Crippen LogP contribution < -0.4 is 15.5 Å². The summed E-state index contributed by atoms with van der Waals surface area (Å²) in [6.45, 7) is 2.74. The molecule has 0 amide bonds. The number of furan rings is 1. The van der Waals surface area contributed by atoms with Gasteiger partial charge in [-0.05, 0) is 36.8 Å². The molecule has 0 spiro atoms. The van der Waals surface area contributed by atoms with Crippen molar-refractivity contribution in [3.63, 3.8) is 0 Å². The predicted octanol–water partition coefficient (Wildman–Crippen LogP) is 2.99. The molecule has 1 aliphatic rings. The Kier molecular flexibility index (Phi) is 5.23. The molecule has 5 nitrogen and oxygen atoms in total. The number of benzene rings is 1. The van der Waals surface area contributed by atoms with Crippen molar-refractivity contribution in [2.24, 2.45) is 4.99 Å². The Labute approximate surface area is 144 Å². The molecule has 1 unspecified atom stereocenters. The molecular weight excluding hydrogens is 356 g/mol. The van der Waals surface area contributed by atoms with Gasteiger partial charge in [-0.2, -0.15) is 0 Å². The van der Waals surface area contributed by atoms with Crippen molar-refractivity contribution in [2.75, 3.05) is 25.0 Å². The van der Waals surface area contributed by atoms with E-state index in [9.17, 15) is 0 Å². The van der Waals surface area contributed by atoms with Gasteiger partial charge in [0, 0.05) is 48.4 Å². The van der Waals surface area contributed by atoms with Gasteiger partial charge in [-0.3, -0.25) is 4.99 Å². The number of hydrogen-bond acceptors (Lipinski definition) is 3. The fourth-order valence-electron chi connectivity index (χ4n) is 2.73. The predicted molar refractivity (Wildman–Crippen MR) is 96.8 cm³/mol. The van der Waals surface area contributed by atoms with Crippen LogP contribution in [0.2, 0.25) is 0 Å². The first-order valence-electron chi connectivity index (χ1n) is 7.73. The first-order chi connectivity index (χ1) is 11.2. The van der Waals surface area contributed by atoms with Crippen LogP contribution in [0.3, 0.4) is 0 Å². The Bertz CT molecular complexity index is 639. The zero-order chi connectivity index (χ0) is 16.1. The molecule has 2 N–H and O–H groups in total. The molecule has 122 valence electrons. The summed E-state index contributed by atoms with van der Waals surface area (Å²) in [5, 5.41) is 6.81. The van der Waals surface area contributed by atoms with Crippen LogP contribution in [-0.2, 0) is 6.54 Å². The average molecular weight is 377 g/mol. The quantitative estimate of drug-likeness (QED) is 0.636. The number of halogens is 1. The van der Waals surface area contributed by atoms with Crippen LogP contribution in [-0.4, -0.2) is 32.1 Å². The second-order valence-corrected chi connectivity index (χ2v) is 6.53. The molecule has 0 radical (unpaired) electrons. The third-order valence-corrected chi connectivity index (χ3v) is 4.51. The molecule has 6 heteroatoms. The van der Waals surface area contributed by atoms with Gasteiger partial charge in [0.2, 0.25) is 0 Å². The van der Waals surface area contributed by atoms with Gasteiger partial charge in [0.1, 0.15) is 0 Å². The van der Waals surface area contributed by atoms with Crippen LogP contribution in [0.5, 0.6) is 0 Å². The van der Waals surface area contributed by atoms with E-state index < -0.39 is 0 Å². The van der Waals surface area contributed by atoms with Crippen molar-refractivity contribution in [1.82, 2.24) is 10.6 Å². The van der Waals surface area contributed by atoms with Gasteiger partial charge in [0.05, 0.1) is 12.5 Å². The fraction of sp³-hybridized carbons (Fsp3) is 0.353. The van der Waals surface area contributed by atoms with E-state index in [1.807, 2.05) is 6.07 Å². The number of rotatable bonds is 4. The van der Waals surface area contributed by atoms with Gasteiger partial charge in [0.15, 0.2) is 5.96 Å². The monoisotopic (exact) mass is 376 g/mol. The lowest BCUT2D eigenvalue weighted by Crippen LogP contribution is -2.44. The molecular formula is C17H21BrN4O. The topological polar surface area (TPSA) is 52.8 Å². The van der Waals surface area contributed by atoms with Gasteiger partial charge >= 0.3 is 0 Å². The molecule has 1 saturated heterocycles. The van der Waals surface area contributed by atoms with E-state index in [-0.39, 0.29) is 0 Å². The molecule has 3 rings (SSSR count). The third kappa shape index (κ3) is 4.28. The maximum absolute atomic E-state index is 5.08. The van der Waals surface area contributed by atoms with Crippen molar-refractivity contribution in [3.8, 4) is 0 Å². The summed E-state index contributed by atoms with van der Waals surface area (Å²) in [5.41, 5.74) is 2.37. The molecule has 2 heterocycles. The minimum Gasteiger partial charge on any atom is -0.472 e. The molecule has 0 bridgehead atoms. The Hall–Kier alpha value is -1.95. The summed E-state index contributed by atoms with van der Waals surface area (Å²) >= 11 is 3.48. The van der Waals surface area contributed by atoms with Crippen LogP contribution in [0.4, 0.5) is 5.69 Å².